The summed E-state index contributed by atoms with van der Waals surface area (Å²) in [4.78, 5) is 0. The molecule has 1 aromatic carbocycles. The van der Waals surface area contributed by atoms with E-state index < -0.39 is 6.10 Å². The minimum atomic E-state index is -0.927. The number of rotatable bonds is 5. The van der Waals surface area contributed by atoms with Gasteiger partial charge in [0.05, 0.1) is 38.2 Å². The maximum Gasteiger partial charge on any atom is 0.203 e. The van der Waals surface area contributed by atoms with Gasteiger partial charge in [0, 0.05) is 0 Å². The molecule has 3 aromatic rings. The molecule has 126 valence electrons. The van der Waals surface area contributed by atoms with Crippen LogP contribution < -0.4 is 14.2 Å². The summed E-state index contributed by atoms with van der Waals surface area (Å²) in [5.74, 6) is 1.44. The molecule has 1 atom stereocenters. The molecule has 2 heterocycles. The van der Waals surface area contributed by atoms with E-state index in [0.717, 1.165) is 11.2 Å². The number of aromatic nitrogens is 3. The largest absolute Gasteiger partial charge is 0.493 e. The van der Waals surface area contributed by atoms with Crippen molar-refractivity contribution < 1.29 is 19.3 Å². The lowest BCUT2D eigenvalue weighted by atomic mass is 10.0. The molecule has 0 spiro atoms. The molecule has 7 heteroatoms. The van der Waals surface area contributed by atoms with Crippen LogP contribution in [0.15, 0.2) is 30.3 Å². The predicted octanol–water partition coefficient (Wildman–Crippen LogP) is 2.15. The van der Waals surface area contributed by atoms with Crippen LogP contribution in [-0.4, -0.2) is 41.3 Å². The molecule has 0 aliphatic rings. The van der Waals surface area contributed by atoms with Crippen LogP contribution in [0.1, 0.15) is 23.1 Å². The molecule has 0 saturated carbocycles. The number of benzene rings is 1. The highest BCUT2D eigenvalue weighted by atomic mass is 16.5. The third-order valence-electron chi connectivity index (χ3n) is 3.93. The summed E-state index contributed by atoms with van der Waals surface area (Å²) in [5, 5.41) is 19.0. The van der Waals surface area contributed by atoms with Gasteiger partial charge >= 0.3 is 0 Å². The Morgan fingerprint density at radius 2 is 1.71 bits per heavy atom. The van der Waals surface area contributed by atoms with Gasteiger partial charge < -0.3 is 19.3 Å². The van der Waals surface area contributed by atoms with Crippen molar-refractivity contribution in [3.8, 4) is 17.2 Å². The SMILES string of the molecule is COc1cc(C(O)c2cccc3c(C)nnn23)cc(OC)c1OC. The van der Waals surface area contributed by atoms with Crippen molar-refractivity contribution in [1.29, 1.82) is 0 Å². The minimum Gasteiger partial charge on any atom is -0.493 e. The average molecular weight is 329 g/mol. The van der Waals surface area contributed by atoms with E-state index in [1.54, 1.807) is 22.7 Å². The van der Waals surface area contributed by atoms with Crippen molar-refractivity contribution in [3.63, 3.8) is 0 Å². The maximum atomic E-state index is 10.9. The molecule has 7 nitrogen and oxygen atoms in total. The Bertz CT molecular complexity index is 850. The number of pyridine rings is 1. The Balaban J connectivity index is 2.13. The zero-order chi connectivity index (χ0) is 17.3. The summed E-state index contributed by atoms with van der Waals surface area (Å²) >= 11 is 0. The van der Waals surface area contributed by atoms with Gasteiger partial charge in [0.1, 0.15) is 6.10 Å². The molecule has 0 radical (unpaired) electrons. The summed E-state index contributed by atoms with van der Waals surface area (Å²) in [6.07, 6.45) is -0.927. The highest BCUT2D eigenvalue weighted by molar-refractivity contribution is 5.56. The molecule has 1 unspecified atom stereocenters. The van der Waals surface area contributed by atoms with E-state index in [1.807, 2.05) is 19.1 Å². The van der Waals surface area contributed by atoms with Crippen LogP contribution in [0.3, 0.4) is 0 Å². The van der Waals surface area contributed by atoms with Gasteiger partial charge in [0.25, 0.3) is 0 Å². The molecule has 3 rings (SSSR count). The predicted molar refractivity (Wildman–Crippen MR) is 87.9 cm³/mol. The van der Waals surface area contributed by atoms with Gasteiger partial charge in [0.15, 0.2) is 11.5 Å². The van der Waals surface area contributed by atoms with E-state index in [9.17, 15) is 5.11 Å². The monoisotopic (exact) mass is 329 g/mol. The molecular weight excluding hydrogens is 310 g/mol. The summed E-state index contributed by atoms with van der Waals surface area (Å²) in [6, 6.07) is 9.00. The first-order chi connectivity index (χ1) is 11.6. The number of aliphatic hydroxyl groups excluding tert-OH is 1. The Kier molecular flexibility index (Phi) is 4.26. The fourth-order valence-corrected chi connectivity index (χ4v) is 2.69. The second kappa shape index (κ2) is 6.37. The van der Waals surface area contributed by atoms with Gasteiger partial charge in [-0.15, -0.1) is 5.10 Å². The van der Waals surface area contributed by atoms with Gasteiger partial charge in [-0.25, -0.2) is 4.52 Å². The lowest BCUT2D eigenvalue weighted by molar-refractivity contribution is 0.210. The van der Waals surface area contributed by atoms with Crippen LogP contribution in [-0.2, 0) is 0 Å². The normalized spacial score (nSPS) is 12.2. The molecule has 1 N–H and O–H groups in total. The van der Waals surface area contributed by atoms with E-state index in [-0.39, 0.29) is 0 Å². The van der Waals surface area contributed by atoms with E-state index in [2.05, 4.69) is 10.3 Å². The zero-order valence-corrected chi connectivity index (χ0v) is 14.0. The van der Waals surface area contributed by atoms with Crippen molar-refractivity contribution in [2.45, 2.75) is 13.0 Å². The van der Waals surface area contributed by atoms with E-state index in [4.69, 9.17) is 14.2 Å². The van der Waals surface area contributed by atoms with Gasteiger partial charge in [-0.1, -0.05) is 11.3 Å². The number of hydrogen-bond acceptors (Lipinski definition) is 6. The van der Waals surface area contributed by atoms with E-state index in [0.29, 0.717) is 28.5 Å². The number of fused-ring (bicyclic) bond motifs is 1. The molecule has 0 saturated heterocycles. The van der Waals surface area contributed by atoms with Crippen molar-refractivity contribution >= 4 is 5.52 Å². The molecule has 0 bridgehead atoms. The van der Waals surface area contributed by atoms with Crippen molar-refractivity contribution in [3.05, 3.63) is 47.3 Å². The van der Waals surface area contributed by atoms with Gasteiger partial charge in [-0.3, -0.25) is 0 Å². The minimum absolute atomic E-state index is 0.478. The number of nitrogens with zero attached hydrogens (tertiary/aromatic N) is 3. The van der Waals surface area contributed by atoms with Crippen LogP contribution in [0.5, 0.6) is 17.2 Å². The molecule has 2 aromatic heterocycles. The second-order valence-corrected chi connectivity index (χ2v) is 5.28. The fourth-order valence-electron chi connectivity index (χ4n) is 2.69. The lowest BCUT2D eigenvalue weighted by Gasteiger charge is -2.17. The first-order valence-electron chi connectivity index (χ1n) is 7.39. The third-order valence-corrected chi connectivity index (χ3v) is 3.93. The van der Waals surface area contributed by atoms with Crippen LogP contribution in [0.4, 0.5) is 0 Å². The standard InChI is InChI=1S/C17H19N3O4/c1-10-12-6-5-7-13(20(12)19-18-10)16(21)11-8-14(22-2)17(24-4)15(9-11)23-3/h5-9,16,21H,1-4H3. The number of methoxy groups -OCH3 is 3. The summed E-state index contributed by atoms with van der Waals surface area (Å²) in [7, 11) is 4.61. The summed E-state index contributed by atoms with van der Waals surface area (Å²) < 4.78 is 17.6. The zero-order valence-electron chi connectivity index (χ0n) is 14.0. The van der Waals surface area contributed by atoms with E-state index >= 15 is 0 Å². The van der Waals surface area contributed by atoms with Crippen LogP contribution >= 0.6 is 0 Å². The molecule has 0 aliphatic carbocycles. The topological polar surface area (TPSA) is 78.1 Å². The summed E-state index contributed by atoms with van der Waals surface area (Å²) in [6.45, 7) is 1.87. The number of ether oxygens (including phenoxy) is 3. The molecular formula is C17H19N3O4. The van der Waals surface area contributed by atoms with Gasteiger partial charge in [-0.05, 0) is 36.8 Å². The molecule has 0 fully saturated rings. The lowest BCUT2D eigenvalue weighted by Crippen LogP contribution is -2.08. The summed E-state index contributed by atoms with van der Waals surface area (Å²) in [5.41, 5.74) is 2.85. The highest BCUT2D eigenvalue weighted by Crippen LogP contribution is 2.40. The van der Waals surface area contributed by atoms with E-state index in [1.165, 1.54) is 21.3 Å². The number of aryl methyl sites for hydroxylation is 1. The van der Waals surface area contributed by atoms with Crippen LogP contribution in [0.2, 0.25) is 0 Å². The quantitative estimate of drug-likeness (QED) is 0.773. The second-order valence-electron chi connectivity index (χ2n) is 5.28. The number of hydrogen-bond donors (Lipinski definition) is 1. The third kappa shape index (κ3) is 2.52. The van der Waals surface area contributed by atoms with Crippen molar-refractivity contribution in [2.24, 2.45) is 0 Å². The van der Waals surface area contributed by atoms with Gasteiger partial charge in [0.2, 0.25) is 5.75 Å². The van der Waals surface area contributed by atoms with Crippen LogP contribution in [0, 0.1) is 6.92 Å². The Labute approximate surface area is 139 Å². The molecule has 24 heavy (non-hydrogen) atoms. The van der Waals surface area contributed by atoms with Crippen molar-refractivity contribution in [2.75, 3.05) is 21.3 Å². The average Bonchev–Trinajstić information content (AvgIpc) is 3.01. The Hall–Kier alpha value is -2.80. The highest BCUT2D eigenvalue weighted by Gasteiger charge is 2.21. The first-order valence-corrected chi connectivity index (χ1v) is 7.39. The van der Waals surface area contributed by atoms with Gasteiger partial charge in [-0.2, -0.15) is 0 Å². The number of aliphatic hydroxyl groups is 1. The maximum absolute atomic E-state index is 10.9. The van der Waals surface area contributed by atoms with Crippen molar-refractivity contribution in [1.82, 2.24) is 14.8 Å². The fraction of sp³-hybridized carbons (Fsp3) is 0.294. The molecule has 0 amide bonds. The Morgan fingerprint density at radius 1 is 1.04 bits per heavy atom. The molecule has 0 aliphatic heterocycles. The first kappa shape index (κ1) is 16.1. The Morgan fingerprint density at radius 3 is 2.29 bits per heavy atom. The smallest absolute Gasteiger partial charge is 0.203 e. The van der Waals surface area contributed by atoms with Crippen LogP contribution in [0.25, 0.3) is 5.52 Å².